The molecule has 0 N–H and O–H groups in total. The third-order valence-corrected chi connectivity index (χ3v) is 4.88. The van der Waals surface area contributed by atoms with Crippen LogP contribution in [0.5, 0.6) is 5.88 Å². The van der Waals surface area contributed by atoms with Gasteiger partial charge in [-0.25, -0.2) is 0 Å². The molecule has 0 saturated heterocycles. The monoisotopic (exact) mass is 418 g/mol. The molecule has 0 aliphatic carbocycles. The van der Waals surface area contributed by atoms with Crippen molar-refractivity contribution in [2.75, 3.05) is 20.3 Å². The molecular formula is C21H18N6O4. The van der Waals surface area contributed by atoms with Gasteiger partial charge in [-0.15, -0.1) is 15.3 Å². The Hall–Kier alpha value is -3.92. The highest BCUT2D eigenvalue weighted by atomic mass is 16.5. The topological polar surface area (TPSA) is 117 Å². The van der Waals surface area contributed by atoms with Gasteiger partial charge in [0.05, 0.1) is 18.2 Å². The number of fused-ring (bicyclic) bond motifs is 3. The molecule has 5 rings (SSSR count). The van der Waals surface area contributed by atoms with Crippen LogP contribution in [0.15, 0.2) is 52.0 Å². The van der Waals surface area contributed by atoms with E-state index in [9.17, 15) is 4.79 Å². The molecular weight excluding hydrogens is 400 g/mol. The van der Waals surface area contributed by atoms with Crippen molar-refractivity contribution >= 4 is 28.4 Å². The highest BCUT2D eigenvalue weighted by Gasteiger charge is 2.19. The maximum atomic E-state index is 10.9. The van der Waals surface area contributed by atoms with E-state index in [1.54, 1.807) is 23.8 Å². The average Bonchev–Trinajstić information content (AvgIpc) is 3.45. The number of aliphatic imine (C=N–C) groups is 1. The van der Waals surface area contributed by atoms with Gasteiger partial charge >= 0.3 is 0 Å². The molecule has 1 aliphatic heterocycles. The summed E-state index contributed by atoms with van der Waals surface area (Å²) in [6, 6.07) is 9.42. The minimum Gasteiger partial charge on any atom is -0.470 e. The van der Waals surface area contributed by atoms with E-state index in [1.165, 1.54) is 0 Å². The summed E-state index contributed by atoms with van der Waals surface area (Å²) in [5.74, 6) is 1.24. The zero-order valence-electron chi connectivity index (χ0n) is 16.6. The zero-order chi connectivity index (χ0) is 21.2. The molecule has 0 fully saturated rings. The third-order valence-electron chi connectivity index (χ3n) is 4.88. The summed E-state index contributed by atoms with van der Waals surface area (Å²) in [7, 11) is 1.58. The van der Waals surface area contributed by atoms with Crippen molar-refractivity contribution in [2.45, 2.75) is 6.61 Å². The van der Waals surface area contributed by atoms with Gasteiger partial charge in [-0.3, -0.25) is 4.99 Å². The summed E-state index contributed by atoms with van der Waals surface area (Å²) in [4.78, 5) is 15.3. The minimum absolute atomic E-state index is 0.177. The molecule has 0 saturated carbocycles. The van der Waals surface area contributed by atoms with E-state index in [0.29, 0.717) is 42.0 Å². The van der Waals surface area contributed by atoms with Crippen LogP contribution in [0.4, 0.5) is 0 Å². The van der Waals surface area contributed by atoms with Gasteiger partial charge in [-0.05, 0) is 12.1 Å². The summed E-state index contributed by atoms with van der Waals surface area (Å²) in [5.41, 5.74) is 1.82. The number of carbonyl (C=O) groups excluding carboxylic acids is 1. The number of methoxy groups -OCH3 is 1. The van der Waals surface area contributed by atoms with Gasteiger partial charge < -0.3 is 18.8 Å². The first kappa shape index (κ1) is 19.1. The van der Waals surface area contributed by atoms with Gasteiger partial charge in [0.2, 0.25) is 11.7 Å². The van der Waals surface area contributed by atoms with Gasteiger partial charge in [0, 0.05) is 23.9 Å². The lowest BCUT2D eigenvalue weighted by Crippen LogP contribution is -2.17. The maximum absolute atomic E-state index is 10.9. The molecule has 156 valence electrons. The van der Waals surface area contributed by atoms with Crippen LogP contribution >= 0.6 is 0 Å². The van der Waals surface area contributed by atoms with Gasteiger partial charge in [-0.2, -0.15) is 4.52 Å². The Morgan fingerprint density at radius 3 is 2.87 bits per heavy atom. The van der Waals surface area contributed by atoms with Crippen LogP contribution in [0.2, 0.25) is 0 Å². The third kappa shape index (κ3) is 3.57. The number of aromatic nitrogens is 5. The predicted molar refractivity (Wildman–Crippen MR) is 111 cm³/mol. The largest absolute Gasteiger partial charge is 0.470 e. The molecule has 10 nitrogen and oxygen atoms in total. The number of hydrogen-bond acceptors (Lipinski definition) is 9. The van der Waals surface area contributed by atoms with Crippen LogP contribution in [-0.2, 0) is 16.1 Å². The van der Waals surface area contributed by atoms with Gasteiger partial charge in [0.25, 0.3) is 0 Å². The SMILES string of the molecule is COCc1cc(-c2nnc3c4ccccc4c(OCC4=NCC(C=O)C=C4)nn23)no1. The number of dihydropyridines is 1. The molecule has 1 aromatic carbocycles. The van der Waals surface area contributed by atoms with E-state index >= 15 is 0 Å². The van der Waals surface area contributed by atoms with E-state index in [2.05, 4.69) is 25.4 Å². The number of carbonyl (C=O) groups is 1. The maximum Gasteiger partial charge on any atom is 0.240 e. The number of rotatable bonds is 7. The summed E-state index contributed by atoms with van der Waals surface area (Å²) < 4.78 is 18.0. The van der Waals surface area contributed by atoms with Gasteiger partial charge in [-0.1, -0.05) is 29.4 Å². The molecule has 31 heavy (non-hydrogen) atoms. The number of nitrogens with zero attached hydrogens (tertiary/aromatic N) is 6. The lowest BCUT2D eigenvalue weighted by molar-refractivity contribution is -0.109. The van der Waals surface area contributed by atoms with Crippen molar-refractivity contribution in [3.8, 4) is 17.4 Å². The Kier molecular flexibility index (Phi) is 4.97. The van der Waals surface area contributed by atoms with Crippen LogP contribution in [0.3, 0.4) is 0 Å². The van der Waals surface area contributed by atoms with Crippen molar-refractivity contribution in [2.24, 2.45) is 10.9 Å². The molecule has 0 amide bonds. The molecule has 0 bridgehead atoms. The van der Waals surface area contributed by atoms with Gasteiger partial charge in [0.15, 0.2) is 17.1 Å². The highest BCUT2D eigenvalue weighted by molar-refractivity contribution is 5.99. The Morgan fingerprint density at radius 2 is 2.10 bits per heavy atom. The van der Waals surface area contributed by atoms with Crippen molar-refractivity contribution in [1.29, 1.82) is 0 Å². The fraction of sp³-hybridized carbons (Fsp3) is 0.238. The molecule has 1 unspecified atom stereocenters. The Bertz CT molecular complexity index is 1320. The van der Waals surface area contributed by atoms with E-state index in [1.807, 2.05) is 30.3 Å². The molecule has 1 aliphatic rings. The lowest BCUT2D eigenvalue weighted by Gasteiger charge is -2.12. The first-order chi connectivity index (χ1) is 15.3. The second kappa shape index (κ2) is 8.07. The van der Waals surface area contributed by atoms with Gasteiger partial charge in [0.1, 0.15) is 19.5 Å². The molecule has 0 spiro atoms. The zero-order valence-corrected chi connectivity index (χ0v) is 16.6. The van der Waals surface area contributed by atoms with Crippen molar-refractivity contribution < 1.29 is 18.8 Å². The summed E-state index contributed by atoms with van der Waals surface area (Å²) >= 11 is 0. The number of aldehydes is 1. The van der Waals surface area contributed by atoms with E-state index < -0.39 is 0 Å². The van der Waals surface area contributed by atoms with E-state index in [4.69, 9.17) is 14.0 Å². The van der Waals surface area contributed by atoms with Crippen LogP contribution in [0.1, 0.15) is 5.76 Å². The fourth-order valence-corrected chi connectivity index (χ4v) is 3.34. The first-order valence-electron chi connectivity index (χ1n) is 9.65. The standard InChI is InChI=1S/C21H18N6O4/c1-29-12-15-8-18(26-31-15)20-24-23-19-16-4-2-3-5-17(16)21(25-27(19)20)30-11-14-7-6-13(10-28)9-22-14/h2-8,10,13H,9,11-12H2,1H3. The smallest absolute Gasteiger partial charge is 0.240 e. The lowest BCUT2D eigenvalue weighted by atomic mass is 10.1. The number of ether oxygens (including phenoxy) is 2. The fourth-order valence-electron chi connectivity index (χ4n) is 3.34. The summed E-state index contributed by atoms with van der Waals surface area (Å²) in [6.45, 7) is 0.955. The van der Waals surface area contributed by atoms with E-state index in [0.717, 1.165) is 22.8 Å². The first-order valence-corrected chi connectivity index (χ1v) is 9.65. The Morgan fingerprint density at radius 1 is 1.23 bits per heavy atom. The normalized spacial score (nSPS) is 16.0. The second-order valence-corrected chi connectivity index (χ2v) is 7.00. The summed E-state index contributed by atoms with van der Waals surface area (Å²) in [6.07, 6.45) is 4.52. The van der Waals surface area contributed by atoms with Crippen LogP contribution < -0.4 is 4.74 Å². The Balaban J connectivity index is 1.53. The molecule has 0 radical (unpaired) electrons. The minimum atomic E-state index is -0.177. The molecule has 3 aromatic heterocycles. The predicted octanol–water partition coefficient (Wildman–Crippen LogP) is 2.28. The second-order valence-electron chi connectivity index (χ2n) is 7.00. The molecule has 10 heteroatoms. The van der Waals surface area contributed by atoms with Crippen molar-refractivity contribution in [1.82, 2.24) is 25.0 Å². The van der Waals surface area contributed by atoms with Crippen molar-refractivity contribution in [3.05, 3.63) is 48.2 Å². The average molecular weight is 418 g/mol. The molecule has 4 aromatic rings. The van der Waals surface area contributed by atoms with Crippen LogP contribution in [0.25, 0.3) is 27.9 Å². The summed E-state index contributed by atoms with van der Waals surface area (Å²) in [5, 5.41) is 18.9. The van der Waals surface area contributed by atoms with Crippen LogP contribution in [0, 0.1) is 5.92 Å². The molecule has 4 heterocycles. The van der Waals surface area contributed by atoms with E-state index in [-0.39, 0.29) is 12.5 Å². The van der Waals surface area contributed by atoms with Crippen molar-refractivity contribution in [3.63, 3.8) is 0 Å². The Labute approximate surface area is 176 Å². The number of hydrogen-bond donors (Lipinski definition) is 0. The quantitative estimate of drug-likeness (QED) is 0.420. The highest BCUT2D eigenvalue weighted by Crippen LogP contribution is 2.28. The van der Waals surface area contributed by atoms with Crippen LogP contribution in [-0.4, -0.2) is 57.2 Å². The molecule has 1 atom stereocenters. The number of benzene rings is 1.